The van der Waals surface area contributed by atoms with Crippen molar-refractivity contribution >= 4 is 44.1 Å². The van der Waals surface area contributed by atoms with Crippen LogP contribution in [0, 0.1) is 11.6 Å². The highest BCUT2D eigenvalue weighted by Crippen LogP contribution is 2.44. The molecule has 1 aliphatic rings. The standard InChI is InChI=1S/C24H14F2N2O3S/c25-14-10-11-17-18(12-14)32-24(27-17)28-20(15-8-4-5-9-16(15)26)19(22(30)23(28)31)21(29)13-6-2-1-3-7-13/h1-12,20,29H. The van der Waals surface area contributed by atoms with Gasteiger partial charge in [0.15, 0.2) is 5.13 Å². The zero-order chi connectivity index (χ0) is 22.4. The van der Waals surface area contributed by atoms with Gasteiger partial charge in [-0.3, -0.25) is 14.5 Å². The number of thiazole rings is 1. The van der Waals surface area contributed by atoms with E-state index in [-0.39, 0.29) is 16.3 Å². The molecule has 32 heavy (non-hydrogen) atoms. The van der Waals surface area contributed by atoms with Gasteiger partial charge in [-0.15, -0.1) is 0 Å². The van der Waals surface area contributed by atoms with Crippen LogP contribution in [-0.2, 0) is 9.59 Å². The van der Waals surface area contributed by atoms with E-state index in [1.54, 1.807) is 36.4 Å². The minimum absolute atomic E-state index is 0.0367. The molecule has 1 aliphatic heterocycles. The number of benzene rings is 3. The van der Waals surface area contributed by atoms with Gasteiger partial charge in [0.05, 0.1) is 15.8 Å². The highest BCUT2D eigenvalue weighted by atomic mass is 32.1. The lowest BCUT2D eigenvalue weighted by Crippen LogP contribution is -2.29. The van der Waals surface area contributed by atoms with E-state index in [0.29, 0.717) is 15.8 Å². The molecule has 5 rings (SSSR count). The second kappa shape index (κ2) is 7.65. The third-order valence-electron chi connectivity index (χ3n) is 5.24. The number of anilines is 1. The molecule has 0 saturated carbocycles. The van der Waals surface area contributed by atoms with E-state index in [1.165, 1.54) is 36.4 Å². The summed E-state index contributed by atoms with van der Waals surface area (Å²) in [6.45, 7) is 0. The second-order valence-corrected chi connectivity index (χ2v) is 8.17. The number of carbonyl (C=O) groups is 2. The van der Waals surface area contributed by atoms with Crippen LogP contribution in [0.1, 0.15) is 17.2 Å². The number of rotatable bonds is 3. The van der Waals surface area contributed by atoms with Crippen molar-refractivity contribution in [3.05, 3.63) is 101 Å². The first-order valence-corrected chi connectivity index (χ1v) is 10.4. The normalized spacial score (nSPS) is 17.9. The molecule has 8 heteroatoms. The molecule has 4 aromatic rings. The van der Waals surface area contributed by atoms with Crippen LogP contribution < -0.4 is 4.90 Å². The number of Topliss-reactive ketones (excluding diaryl/α,β-unsaturated/α-hetero) is 1. The average molecular weight is 448 g/mol. The number of aromatic nitrogens is 1. The first kappa shape index (κ1) is 20.0. The molecule has 1 unspecified atom stereocenters. The number of fused-ring (bicyclic) bond motifs is 1. The number of halogens is 2. The summed E-state index contributed by atoms with van der Waals surface area (Å²) in [4.78, 5) is 31.6. The van der Waals surface area contributed by atoms with Crippen LogP contribution in [-0.4, -0.2) is 21.8 Å². The highest BCUT2D eigenvalue weighted by Gasteiger charge is 2.49. The SMILES string of the molecule is O=C1C(=O)N(c2nc3ccc(F)cc3s2)C(c2ccccc2F)C1=C(O)c1ccccc1. The summed E-state index contributed by atoms with van der Waals surface area (Å²) in [5.41, 5.74) is 0.549. The van der Waals surface area contributed by atoms with Gasteiger partial charge >= 0.3 is 5.91 Å². The van der Waals surface area contributed by atoms with E-state index in [2.05, 4.69) is 4.98 Å². The molecule has 0 aliphatic carbocycles. The minimum atomic E-state index is -1.23. The van der Waals surface area contributed by atoms with Crippen molar-refractivity contribution in [1.82, 2.24) is 4.98 Å². The van der Waals surface area contributed by atoms with Gasteiger partial charge in [0.2, 0.25) is 0 Å². The molecule has 1 atom stereocenters. The number of ketones is 1. The Labute approximate surface area is 184 Å². The first-order chi connectivity index (χ1) is 15.5. The van der Waals surface area contributed by atoms with Crippen molar-refractivity contribution in [2.45, 2.75) is 6.04 Å². The van der Waals surface area contributed by atoms with Gasteiger partial charge in [-0.05, 0) is 24.3 Å². The summed E-state index contributed by atoms with van der Waals surface area (Å²) in [6, 6.07) is 16.7. The van der Waals surface area contributed by atoms with Gasteiger partial charge in [-0.1, -0.05) is 59.9 Å². The Morgan fingerprint density at radius 3 is 2.44 bits per heavy atom. The van der Waals surface area contributed by atoms with Crippen LogP contribution >= 0.6 is 11.3 Å². The Kier molecular flexibility index (Phi) is 4.79. The van der Waals surface area contributed by atoms with Gasteiger partial charge in [-0.2, -0.15) is 0 Å². The molecule has 158 valence electrons. The molecule has 1 amide bonds. The smallest absolute Gasteiger partial charge is 0.301 e. The zero-order valence-electron chi connectivity index (χ0n) is 16.3. The van der Waals surface area contributed by atoms with Crippen molar-refractivity contribution in [1.29, 1.82) is 0 Å². The Hall–Kier alpha value is -3.91. The summed E-state index contributed by atoms with van der Waals surface area (Å²) in [7, 11) is 0. The van der Waals surface area contributed by atoms with Gasteiger partial charge in [0.25, 0.3) is 5.78 Å². The largest absolute Gasteiger partial charge is 0.507 e. The van der Waals surface area contributed by atoms with Gasteiger partial charge < -0.3 is 5.11 Å². The quantitative estimate of drug-likeness (QED) is 0.266. The lowest BCUT2D eigenvalue weighted by atomic mass is 9.95. The fourth-order valence-electron chi connectivity index (χ4n) is 3.76. The van der Waals surface area contributed by atoms with Crippen molar-refractivity contribution in [3.8, 4) is 0 Å². The van der Waals surface area contributed by atoms with Crippen LogP contribution in [0.3, 0.4) is 0 Å². The Morgan fingerprint density at radius 1 is 0.969 bits per heavy atom. The van der Waals surface area contributed by atoms with Crippen LogP contribution in [0.2, 0.25) is 0 Å². The maximum atomic E-state index is 14.9. The molecule has 0 radical (unpaired) electrons. The third-order valence-corrected chi connectivity index (χ3v) is 6.25. The van der Waals surface area contributed by atoms with E-state index in [0.717, 1.165) is 16.2 Å². The maximum Gasteiger partial charge on any atom is 0.301 e. The summed E-state index contributed by atoms with van der Waals surface area (Å²) in [6.07, 6.45) is 0. The predicted octanol–water partition coefficient (Wildman–Crippen LogP) is 5.20. The van der Waals surface area contributed by atoms with E-state index < -0.39 is 35.1 Å². The Bertz CT molecular complexity index is 1420. The molecule has 1 N–H and O–H groups in total. The number of hydrogen-bond acceptors (Lipinski definition) is 5. The summed E-state index contributed by atoms with van der Waals surface area (Å²) >= 11 is 1.00. The molecular weight excluding hydrogens is 434 g/mol. The molecule has 1 saturated heterocycles. The van der Waals surface area contributed by atoms with Crippen LogP contribution in [0.5, 0.6) is 0 Å². The summed E-state index contributed by atoms with van der Waals surface area (Å²) < 4.78 is 29.0. The van der Waals surface area contributed by atoms with Gasteiger partial charge in [0.1, 0.15) is 23.4 Å². The maximum absolute atomic E-state index is 14.9. The van der Waals surface area contributed by atoms with Crippen molar-refractivity contribution in [2.24, 2.45) is 0 Å². The molecule has 0 spiro atoms. The Balaban J connectivity index is 1.76. The molecule has 1 aromatic heterocycles. The van der Waals surface area contributed by atoms with Crippen molar-refractivity contribution < 1.29 is 23.5 Å². The average Bonchev–Trinajstić information content (AvgIpc) is 3.32. The van der Waals surface area contributed by atoms with Gasteiger partial charge in [-0.25, -0.2) is 13.8 Å². The van der Waals surface area contributed by atoms with E-state index in [4.69, 9.17) is 0 Å². The molecule has 1 fully saturated rings. The number of aliphatic hydroxyl groups excluding tert-OH is 1. The van der Waals surface area contributed by atoms with Crippen LogP contribution in [0.25, 0.3) is 16.0 Å². The topological polar surface area (TPSA) is 70.5 Å². The first-order valence-electron chi connectivity index (χ1n) is 9.62. The van der Waals surface area contributed by atoms with Crippen LogP contribution in [0.15, 0.2) is 78.4 Å². The lowest BCUT2D eigenvalue weighted by Gasteiger charge is -2.23. The molecule has 3 aromatic carbocycles. The highest BCUT2D eigenvalue weighted by molar-refractivity contribution is 7.22. The summed E-state index contributed by atoms with van der Waals surface area (Å²) in [5, 5.41) is 11.1. The van der Waals surface area contributed by atoms with E-state index in [9.17, 15) is 23.5 Å². The lowest BCUT2D eigenvalue weighted by molar-refractivity contribution is -0.132. The van der Waals surface area contributed by atoms with Gasteiger partial charge in [0, 0.05) is 11.1 Å². The van der Waals surface area contributed by atoms with Crippen molar-refractivity contribution in [2.75, 3.05) is 4.90 Å². The number of nitrogens with zero attached hydrogens (tertiary/aromatic N) is 2. The third kappa shape index (κ3) is 3.16. The van der Waals surface area contributed by atoms with E-state index in [1.807, 2.05) is 0 Å². The molecule has 5 nitrogen and oxygen atoms in total. The molecule has 0 bridgehead atoms. The fourth-order valence-corrected chi connectivity index (χ4v) is 4.78. The number of hydrogen-bond donors (Lipinski definition) is 1. The number of amides is 1. The summed E-state index contributed by atoms with van der Waals surface area (Å²) in [5.74, 6) is -3.42. The van der Waals surface area contributed by atoms with Crippen molar-refractivity contribution in [3.63, 3.8) is 0 Å². The number of carbonyl (C=O) groups excluding carboxylic acids is 2. The second-order valence-electron chi connectivity index (χ2n) is 7.17. The van der Waals surface area contributed by atoms with Crippen LogP contribution in [0.4, 0.5) is 13.9 Å². The predicted molar refractivity (Wildman–Crippen MR) is 117 cm³/mol. The zero-order valence-corrected chi connectivity index (χ0v) is 17.1. The fraction of sp³-hybridized carbons (Fsp3) is 0.0417. The number of aliphatic hydroxyl groups is 1. The Morgan fingerprint density at radius 2 is 1.69 bits per heavy atom. The molecule has 2 heterocycles. The minimum Gasteiger partial charge on any atom is -0.507 e. The monoisotopic (exact) mass is 448 g/mol. The van der Waals surface area contributed by atoms with E-state index >= 15 is 0 Å². The molecular formula is C24H14F2N2O3S.